The van der Waals surface area contributed by atoms with Crippen molar-refractivity contribution in [3.63, 3.8) is 0 Å². The maximum absolute atomic E-state index is 12.7. The molecule has 0 aliphatic carbocycles. The monoisotopic (exact) mass is 376 g/mol. The standard InChI is InChI=1S/C21H20N4OS/c1-13-6-7-19-18(10-13)17(14(2)23-19)12-20(26)24-15-4-3-5-16(11-15)25-9-8-22-21(25)27/h3-11,23H,12H2,1-2H3,(H,22,27)(H,24,26). The van der Waals surface area contributed by atoms with Crippen LogP contribution in [0.2, 0.25) is 0 Å². The molecule has 1 amide bonds. The highest BCUT2D eigenvalue weighted by molar-refractivity contribution is 7.71. The molecule has 0 unspecified atom stereocenters. The summed E-state index contributed by atoms with van der Waals surface area (Å²) in [5.74, 6) is -0.0460. The number of benzene rings is 2. The summed E-state index contributed by atoms with van der Waals surface area (Å²) in [4.78, 5) is 19.0. The van der Waals surface area contributed by atoms with Gasteiger partial charge in [0, 0.05) is 40.4 Å². The Morgan fingerprint density at radius 3 is 2.81 bits per heavy atom. The lowest BCUT2D eigenvalue weighted by molar-refractivity contribution is -0.115. The van der Waals surface area contributed by atoms with Crippen LogP contribution < -0.4 is 5.32 Å². The Hall–Kier alpha value is -3.12. The zero-order valence-corrected chi connectivity index (χ0v) is 16.0. The molecule has 0 aliphatic rings. The van der Waals surface area contributed by atoms with Crippen LogP contribution in [-0.4, -0.2) is 20.4 Å². The Balaban J connectivity index is 1.57. The molecule has 27 heavy (non-hydrogen) atoms. The van der Waals surface area contributed by atoms with Crippen LogP contribution >= 0.6 is 12.2 Å². The molecule has 2 heterocycles. The third kappa shape index (κ3) is 3.44. The number of nitrogens with zero attached hydrogens (tertiary/aromatic N) is 1. The molecule has 0 fully saturated rings. The molecule has 0 saturated heterocycles. The van der Waals surface area contributed by atoms with Crippen molar-refractivity contribution in [1.82, 2.24) is 14.5 Å². The normalized spacial score (nSPS) is 11.0. The summed E-state index contributed by atoms with van der Waals surface area (Å²) < 4.78 is 2.47. The number of anilines is 1. The first kappa shape index (κ1) is 17.3. The van der Waals surface area contributed by atoms with Crippen LogP contribution in [0, 0.1) is 18.6 Å². The Morgan fingerprint density at radius 2 is 2.04 bits per heavy atom. The van der Waals surface area contributed by atoms with Crippen LogP contribution in [0.1, 0.15) is 16.8 Å². The molecule has 0 spiro atoms. The van der Waals surface area contributed by atoms with Gasteiger partial charge in [-0.05, 0) is 62.0 Å². The summed E-state index contributed by atoms with van der Waals surface area (Å²) in [7, 11) is 0. The van der Waals surface area contributed by atoms with Crippen LogP contribution in [0.5, 0.6) is 0 Å². The van der Waals surface area contributed by atoms with Crippen molar-refractivity contribution in [2.24, 2.45) is 0 Å². The Morgan fingerprint density at radius 1 is 1.19 bits per heavy atom. The number of imidazole rings is 1. The van der Waals surface area contributed by atoms with Gasteiger partial charge in [-0.2, -0.15) is 0 Å². The molecule has 0 bridgehead atoms. The number of aromatic nitrogens is 3. The number of H-pyrrole nitrogens is 2. The molecule has 5 nitrogen and oxygen atoms in total. The van der Waals surface area contributed by atoms with E-state index in [9.17, 15) is 4.79 Å². The molecule has 0 radical (unpaired) electrons. The number of carbonyl (C=O) groups excluding carboxylic acids is 1. The van der Waals surface area contributed by atoms with Gasteiger partial charge in [0.05, 0.1) is 6.42 Å². The molecule has 0 saturated carbocycles. The SMILES string of the molecule is Cc1ccc2[nH]c(C)c(CC(=O)Nc3cccc(-n4cc[nH]c4=S)c3)c2c1. The fraction of sp³-hybridized carbons (Fsp3) is 0.143. The second-order valence-corrected chi connectivity index (χ2v) is 7.07. The van der Waals surface area contributed by atoms with E-state index in [0.29, 0.717) is 11.2 Å². The van der Waals surface area contributed by atoms with Gasteiger partial charge < -0.3 is 15.3 Å². The number of aromatic amines is 2. The van der Waals surface area contributed by atoms with Crippen LogP contribution in [0.15, 0.2) is 54.9 Å². The number of carbonyl (C=O) groups is 1. The van der Waals surface area contributed by atoms with Gasteiger partial charge in [0.1, 0.15) is 0 Å². The van der Waals surface area contributed by atoms with Gasteiger partial charge in [0.25, 0.3) is 0 Å². The summed E-state index contributed by atoms with van der Waals surface area (Å²) >= 11 is 5.26. The Labute approximate surface area is 162 Å². The highest BCUT2D eigenvalue weighted by atomic mass is 32.1. The van der Waals surface area contributed by atoms with E-state index in [-0.39, 0.29) is 5.91 Å². The number of hydrogen-bond acceptors (Lipinski definition) is 2. The molecule has 2 aromatic carbocycles. The Kier molecular flexibility index (Phi) is 4.41. The lowest BCUT2D eigenvalue weighted by atomic mass is 10.1. The lowest BCUT2D eigenvalue weighted by Gasteiger charge is -2.08. The van der Waals surface area contributed by atoms with Crippen molar-refractivity contribution in [3.05, 3.63) is 76.5 Å². The van der Waals surface area contributed by atoms with Crippen LogP contribution in [-0.2, 0) is 11.2 Å². The molecular formula is C21H20N4OS. The molecule has 6 heteroatoms. The molecule has 4 rings (SSSR count). The first-order chi connectivity index (χ1) is 13.0. The van der Waals surface area contributed by atoms with Gasteiger partial charge in [-0.1, -0.05) is 17.7 Å². The van der Waals surface area contributed by atoms with E-state index < -0.39 is 0 Å². The van der Waals surface area contributed by atoms with E-state index in [0.717, 1.165) is 33.5 Å². The average molecular weight is 376 g/mol. The predicted molar refractivity (Wildman–Crippen MR) is 111 cm³/mol. The second-order valence-electron chi connectivity index (χ2n) is 6.69. The first-order valence-corrected chi connectivity index (χ1v) is 9.16. The summed E-state index contributed by atoms with van der Waals surface area (Å²) in [6, 6.07) is 13.9. The first-order valence-electron chi connectivity index (χ1n) is 8.75. The highest BCUT2D eigenvalue weighted by Gasteiger charge is 2.13. The van der Waals surface area contributed by atoms with Gasteiger partial charge in [0.15, 0.2) is 4.77 Å². The molecular weight excluding hydrogens is 356 g/mol. The van der Waals surface area contributed by atoms with Gasteiger partial charge in [0.2, 0.25) is 5.91 Å². The highest BCUT2D eigenvalue weighted by Crippen LogP contribution is 2.24. The van der Waals surface area contributed by atoms with Gasteiger partial charge in [-0.25, -0.2) is 0 Å². The number of fused-ring (bicyclic) bond motifs is 1. The topological polar surface area (TPSA) is 65.6 Å². The lowest BCUT2D eigenvalue weighted by Crippen LogP contribution is -2.15. The number of amides is 1. The molecule has 136 valence electrons. The van der Waals surface area contributed by atoms with Crippen LogP contribution in [0.3, 0.4) is 0 Å². The van der Waals surface area contributed by atoms with E-state index in [1.165, 1.54) is 5.56 Å². The van der Waals surface area contributed by atoms with E-state index in [2.05, 4.69) is 40.4 Å². The smallest absolute Gasteiger partial charge is 0.228 e. The van der Waals surface area contributed by atoms with Gasteiger partial charge in [-0.15, -0.1) is 0 Å². The van der Waals surface area contributed by atoms with Crippen molar-refractivity contribution in [2.45, 2.75) is 20.3 Å². The second kappa shape index (κ2) is 6.89. The van der Waals surface area contributed by atoms with Crippen LogP contribution in [0.4, 0.5) is 5.69 Å². The third-order valence-electron chi connectivity index (χ3n) is 4.67. The van der Waals surface area contributed by atoms with Crippen LogP contribution in [0.25, 0.3) is 16.6 Å². The summed E-state index contributed by atoms with van der Waals surface area (Å²) in [6.07, 6.45) is 3.97. The molecule has 4 aromatic rings. The van der Waals surface area contributed by atoms with E-state index >= 15 is 0 Å². The number of aryl methyl sites for hydroxylation is 2. The van der Waals surface area contributed by atoms with Crippen molar-refractivity contribution < 1.29 is 4.79 Å². The van der Waals surface area contributed by atoms with Gasteiger partial charge in [-0.3, -0.25) is 9.36 Å². The molecule has 3 N–H and O–H groups in total. The zero-order valence-electron chi connectivity index (χ0n) is 15.2. The fourth-order valence-electron chi connectivity index (χ4n) is 3.35. The quantitative estimate of drug-likeness (QED) is 0.447. The zero-order chi connectivity index (χ0) is 19.0. The van der Waals surface area contributed by atoms with E-state index in [1.54, 1.807) is 6.20 Å². The maximum atomic E-state index is 12.7. The minimum absolute atomic E-state index is 0.0460. The van der Waals surface area contributed by atoms with Crippen molar-refractivity contribution in [1.29, 1.82) is 0 Å². The maximum Gasteiger partial charge on any atom is 0.228 e. The minimum Gasteiger partial charge on any atom is -0.358 e. The fourth-order valence-corrected chi connectivity index (χ4v) is 3.58. The van der Waals surface area contributed by atoms with Crippen molar-refractivity contribution in [2.75, 3.05) is 5.32 Å². The molecule has 2 aromatic heterocycles. The van der Waals surface area contributed by atoms with E-state index in [1.807, 2.05) is 42.0 Å². The summed E-state index contributed by atoms with van der Waals surface area (Å²) in [5, 5.41) is 4.10. The Bertz CT molecular complexity index is 1200. The largest absolute Gasteiger partial charge is 0.358 e. The summed E-state index contributed by atoms with van der Waals surface area (Å²) in [6.45, 7) is 4.06. The molecule has 0 aliphatic heterocycles. The number of nitrogens with one attached hydrogen (secondary N) is 3. The van der Waals surface area contributed by atoms with Crippen molar-refractivity contribution in [3.8, 4) is 5.69 Å². The van der Waals surface area contributed by atoms with Crippen molar-refractivity contribution >= 4 is 34.7 Å². The number of hydrogen-bond donors (Lipinski definition) is 3. The molecule has 0 atom stereocenters. The van der Waals surface area contributed by atoms with Gasteiger partial charge >= 0.3 is 0 Å². The summed E-state index contributed by atoms with van der Waals surface area (Å²) in [5.41, 5.74) is 5.95. The minimum atomic E-state index is -0.0460. The average Bonchev–Trinajstić information content (AvgIpc) is 3.19. The number of rotatable bonds is 4. The predicted octanol–water partition coefficient (Wildman–Crippen LogP) is 4.81. The van der Waals surface area contributed by atoms with E-state index in [4.69, 9.17) is 12.2 Å². The third-order valence-corrected chi connectivity index (χ3v) is 4.98.